The molecule has 0 spiro atoms. The summed E-state index contributed by atoms with van der Waals surface area (Å²) < 4.78 is 9.21. The molecule has 3 N–H and O–H groups in total. The van der Waals surface area contributed by atoms with E-state index in [2.05, 4.69) is 26.1 Å². The van der Waals surface area contributed by atoms with Gasteiger partial charge in [0.05, 0.1) is 27.1 Å². The summed E-state index contributed by atoms with van der Waals surface area (Å²) in [4.78, 5) is 40.5. The van der Waals surface area contributed by atoms with Gasteiger partial charge >= 0.3 is 11.0 Å². The van der Waals surface area contributed by atoms with Gasteiger partial charge in [0.25, 0.3) is 5.91 Å². The van der Waals surface area contributed by atoms with Gasteiger partial charge in [0.1, 0.15) is 4.88 Å². The molecule has 3 amide bonds. The van der Waals surface area contributed by atoms with Crippen molar-refractivity contribution >= 4 is 116 Å². The molecule has 22 heteroatoms. The zero-order valence-corrected chi connectivity index (χ0v) is 43.1. The van der Waals surface area contributed by atoms with Crippen LogP contribution in [0.1, 0.15) is 16.7 Å². The number of aryl methyl sites for hydroxylation is 3. The van der Waals surface area contributed by atoms with Crippen molar-refractivity contribution in [3.8, 4) is 21.4 Å². The fourth-order valence-electron chi connectivity index (χ4n) is 6.63. The molecule has 0 atom stereocenters. The Labute approximate surface area is 435 Å². The second kappa shape index (κ2) is 23.7. The molecule has 354 valence electrons. The minimum atomic E-state index is -0.254. The standard InChI is InChI=1S/C28H24Cl2N6O2S2.C19H16ClN5OS2.ClH/c1-18-7-9-20(29)14-22(18)31-25(37)16-35-27(24-6-5-13-39-24)36(34-11-3-4-12-34)28(33-35)40-17-26(38)32-23-15-21(30)10-8-19(23)2;1-13-6-7-14(20)15(11-13)21-17(26)12-28-19-23-22-18(16-5-4-10-27-16)25(19)24-8-2-3-9-24;/h3-15H,16-17H2,1-2H3,(H-,31,32,37,38);2-11H,12H2,1H3,(H,21,26);1H. The number of aromatic nitrogens is 8. The predicted molar refractivity (Wildman–Crippen MR) is 275 cm³/mol. The third kappa shape index (κ3) is 12.9. The lowest BCUT2D eigenvalue weighted by atomic mass is 10.2. The van der Waals surface area contributed by atoms with Crippen LogP contribution in [0.3, 0.4) is 0 Å². The van der Waals surface area contributed by atoms with Crippen LogP contribution in [0.2, 0.25) is 15.1 Å². The number of thiophene rings is 2. The highest BCUT2D eigenvalue weighted by Crippen LogP contribution is 2.30. The van der Waals surface area contributed by atoms with Crippen molar-refractivity contribution in [1.82, 2.24) is 34.0 Å². The summed E-state index contributed by atoms with van der Waals surface area (Å²) >= 11 is 24.1. The van der Waals surface area contributed by atoms with E-state index >= 15 is 0 Å². The summed E-state index contributed by atoms with van der Waals surface area (Å²) in [5.74, 6) is 1.12. The van der Waals surface area contributed by atoms with E-state index in [9.17, 15) is 14.4 Å². The maximum atomic E-state index is 13.2. The fourth-order valence-corrected chi connectivity index (χ4v) is 10.1. The summed E-state index contributed by atoms with van der Waals surface area (Å²) in [6, 6.07) is 31.8. The van der Waals surface area contributed by atoms with Crippen molar-refractivity contribution in [2.75, 3.05) is 27.5 Å². The summed E-state index contributed by atoms with van der Waals surface area (Å²) in [7, 11) is 0. The smallest absolute Gasteiger partial charge is 0.346 e. The molecule has 3 aromatic carbocycles. The molecule has 0 bridgehead atoms. The number of halogens is 4. The van der Waals surface area contributed by atoms with Crippen LogP contribution in [0.5, 0.6) is 0 Å². The minimum Gasteiger partial charge on any atom is -1.00 e. The number of carbonyl (C=O) groups is 3. The number of hydrogen-bond acceptors (Lipinski definition) is 10. The Hall–Kier alpha value is -5.83. The third-order valence-corrected chi connectivity index (χ3v) is 14.2. The third-order valence-electron chi connectivity index (χ3n) is 9.87. The number of carbonyl (C=O) groups excluding carboxylic acids is 3. The highest BCUT2D eigenvalue weighted by Gasteiger charge is 2.32. The van der Waals surface area contributed by atoms with Crippen LogP contribution in [-0.2, 0) is 20.9 Å². The first kappa shape index (κ1) is 51.0. The lowest BCUT2D eigenvalue weighted by Crippen LogP contribution is -3.00. The lowest BCUT2D eigenvalue weighted by molar-refractivity contribution is -0.731. The Morgan fingerprint density at radius 3 is 1.72 bits per heavy atom. The van der Waals surface area contributed by atoms with Gasteiger partial charge in [-0.1, -0.05) is 81.6 Å². The molecule has 14 nitrogen and oxygen atoms in total. The van der Waals surface area contributed by atoms with E-state index in [0.717, 1.165) is 32.3 Å². The molecule has 9 rings (SSSR count). The summed E-state index contributed by atoms with van der Waals surface area (Å²) in [5.41, 5.74) is 4.75. The average molecular weight is 1080 g/mol. The van der Waals surface area contributed by atoms with Gasteiger partial charge < -0.3 is 28.4 Å². The van der Waals surface area contributed by atoms with E-state index in [-0.39, 0.29) is 48.2 Å². The SMILES string of the molecule is Cc1ccc(Cl)c(NC(=O)CSc2nnc(-c3cccs3)n2-n2cccc2)c1.Cc1ccc(Cl)cc1NC(=O)CSc1n[n+](CC(=O)Nc2cc(Cl)ccc2C)c(-c2cccs2)n1-n1cccc1.[Cl-]. The molecule has 0 unspecified atom stereocenters. The van der Waals surface area contributed by atoms with E-state index in [0.29, 0.717) is 48.3 Å². The highest BCUT2D eigenvalue weighted by molar-refractivity contribution is 8.00. The minimum absolute atomic E-state index is 0. The zero-order chi connectivity index (χ0) is 47.7. The van der Waals surface area contributed by atoms with Crippen LogP contribution in [-0.4, -0.2) is 63.2 Å². The Kier molecular flexibility index (Phi) is 17.5. The van der Waals surface area contributed by atoms with E-state index in [1.807, 2.05) is 148 Å². The highest BCUT2D eigenvalue weighted by atomic mass is 35.5. The van der Waals surface area contributed by atoms with Crippen molar-refractivity contribution in [1.29, 1.82) is 0 Å². The number of hydrogen-bond donors (Lipinski definition) is 3. The van der Waals surface area contributed by atoms with E-state index in [4.69, 9.17) is 39.9 Å². The van der Waals surface area contributed by atoms with Gasteiger partial charge in [0.15, 0.2) is 12.4 Å². The van der Waals surface area contributed by atoms with Crippen molar-refractivity contribution in [3.63, 3.8) is 0 Å². The first-order chi connectivity index (χ1) is 32.9. The van der Waals surface area contributed by atoms with Gasteiger partial charge in [-0.25, -0.2) is 4.68 Å². The number of anilines is 3. The van der Waals surface area contributed by atoms with Crippen LogP contribution in [0.15, 0.2) is 149 Å². The van der Waals surface area contributed by atoms with Gasteiger partial charge in [-0.05, 0) is 138 Å². The molecule has 6 aromatic heterocycles. The topological polar surface area (TPSA) is 150 Å². The number of rotatable bonds is 15. The predicted octanol–water partition coefficient (Wildman–Crippen LogP) is 8.12. The monoisotopic (exact) mass is 1080 g/mol. The Morgan fingerprint density at radius 2 is 1.14 bits per heavy atom. The normalized spacial score (nSPS) is 10.8. The Bertz CT molecular complexity index is 3180. The number of nitrogens with zero attached hydrogens (tertiary/aromatic N) is 8. The Morgan fingerprint density at radius 1 is 0.609 bits per heavy atom. The second-order valence-corrected chi connectivity index (χ2v) is 20.0. The van der Waals surface area contributed by atoms with E-state index in [1.165, 1.54) is 34.9 Å². The van der Waals surface area contributed by atoms with E-state index in [1.54, 1.807) is 46.4 Å². The molecule has 69 heavy (non-hydrogen) atoms. The van der Waals surface area contributed by atoms with Crippen LogP contribution >= 0.6 is 81.0 Å². The van der Waals surface area contributed by atoms with Crippen LogP contribution < -0.4 is 33.0 Å². The first-order valence-corrected chi connectivity index (χ1v) is 25.5. The zero-order valence-electron chi connectivity index (χ0n) is 36.8. The molecule has 0 aliphatic carbocycles. The van der Waals surface area contributed by atoms with Gasteiger partial charge in [0.2, 0.25) is 17.0 Å². The molecular weight excluding hydrogens is 1040 g/mol. The molecule has 6 heterocycles. The molecule has 0 radical (unpaired) electrons. The van der Waals surface area contributed by atoms with Crippen molar-refractivity contribution in [2.45, 2.75) is 37.6 Å². The molecule has 0 aliphatic heterocycles. The van der Waals surface area contributed by atoms with Crippen molar-refractivity contribution in [3.05, 3.63) is 170 Å². The van der Waals surface area contributed by atoms with Crippen molar-refractivity contribution < 1.29 is 31.5 Å². The maximum absolute atomic E-state index is 13.2. The summed E-state index contributed by atoms with van der Waals surface area (Å²) in [6.07, 6.45) is 7.60. The number of amides is 3. The first-order valence-electron chi connectivity index (χ1n) is 20.7. The molecule has 0 aliphatic rings. The second-order valence-electron chi connectivity index (χ2n) is 14.9. The number of benzene rings is 3. The van der Waals surface area contributed by atoms with Crippen molar-refractivity contribution in [2.24, 2.45) is 0 Å². The van der Waals surface area contributed by atoms with Crippen LogP contribution in [0.4, 0.5) is 17.1 Å². The largest absolute Gasteiger partial charge is 1.00 e. The van der Waals surface area contributed by atoms with Gasteiger partial charge in [-0.15, -0.1) is 37.6 Å². The number of nitrogens with one attached hydrogen (secondary N) is 3. The Balaban J connectivity index is 0.000000213. The van der Waals surface area contributed by atoms with Gasteiger partial charge in [-0.3, -0.25) is 19.1 Å². The molecule has 0 saturated heterocycles. The van der Waals surface area contributed by atoms with Gasteiger partial charge in [-0.2, -0.15) is 4.68 Å². The summed E-state index contributed by atoms with van der Waals surface area (Å²) in [5, 5.41) is 28.9. The quantitative estimate of drug-likeness (QED) is 0.0689. The van der Waals surface area contributed by atoms with Crippen LogP contribution in [0.25, 0.3) is 21.4 Å². The van der Waals surface area contributed by atoms with E-state index < -0.39 is 0 Å². The maximum Gasteiger partial charge on any atom is 0.346 e. The molecule has 0 saturated carbocycles. The molecular formula is C47H41Cl4N11O3S4. The fraction of sp³-hybridized carbons (Fsp3) is 0.128. The lowest BCUT2D eigenvalue weighted by Gasteiger charge is -2.11. The summed E-state index contributed by atoms with van der Waals surface area (Å²) in [6.45, 7) is 5.72. The van der Waals surface area contributed by atoms with Gasteiger partial charge in [0, 0.05) is 46.2 Å². The number of thioether (sulfide) groups is 2. The molecule has 0 fully saturated rings. The molecule has 9 aromatic rings. The van der Waals surface area contributed by atoms with Crippen LogP contribution in [0, 0.1) is 20.8 Å². The average Bonchev–Trinajstić information content (AvgIpc) is 4.16.